The van der Waals surface area contributed by atoms with Crippen molar-refractivity contribution < 1.29 is 17.2 Å². The molecule has 2 rings (SSSR count). The Kier molecular flexibility index (Phi) is 6.54. The molecule has 136 valence electrons. The zero-order valence-electron chi connectivity index (χ0n) is 14.0. The topological polar surface area (TPSA) is 46.2 Å². The predicted molar refractivity (Wildman–Crippen MR) is 95.4 cm³/mol. The van der Waals surface area contributed by atoms with Crippen molar-refractivity contribution in [2.24, 2.45) is 5.92 Å². The fourth-order valence-corrected chi connectivity index (χ4v) is 5.00. The average Bonchev–Trinajstić information content (AvgIpc) is 2.56. The first kappa shape index (κ1) is 19.8. The minimum absolute atomic E-state index is 0.0295. The fraction of sp³-hybridized carbons (Fsp3) is 0.333. The van der Waals surface area contributed by atoms with Gasteiger partial charge in [-0.15, -0.1) is 0 Å². The molecule has 2 atom stereocenters. The van der Waals surface area contributed by atoms with Gasteiger partial charge < -0.3 is 5.32 Å². The summed E-state index contributed by atoms with van der Waals surface area (Å²) in [5.74, 6) is -1.84. The van der Waals surface area contributed by atoms with Crippen LogP contribution >= 0.6 is 11.6 Å². The monoisotopic (exact) mass is 387 g/mol. The molecule has 0 radical (unpaired) electrons. The predicted octanol–water partition coefficient (Wildman–Crippen LogP) is 4.38. The summed E-state index contributed by atoms with van der Waals surface area (Å²) in [6.45, 7) is 2.28. The third kappa shape index (κ3) is 4.57. The van der Waals surface area contributed by atoms with Gasteiger partial charge in [-0.1, -0.05) is 18.5 Å². The lowest BCUT2D eigenvalue weighted by Crippen LogP contribution is -2.24. The third-order valence-electron chi connectivity index (χ3n) is 4.11. The van der Waals surface area contributed by atoms with Gasteiger partial charge in [-0.2, -0.15) is 0 Å². The van der Waals surface area contributed by atoms with Crippen LogP contribution in [0.15, 0.2) is 47.4 Å². The van der Waals surface area contributed by atoms with Crippen molar-refractivity contribution in [3.05, 3.63) is 64.7 Å². The Morgan fingerprint density at radius 3 is 2.36 bits per heavy atom. The minimum Gasteiger partial charge on any atom is -0.320 e. The van der Waals surface area contributed by atoms with E-state index in [-0.39, 0.29) is 10.5 Å². The number of hydrogen-bond acceptors (Lipinski definition) is 3. The second-order valence-corrected chi connectivity index (χ2v) is 8.46. The summed E-state index contributed by atoms with van der Waals surface area (Å²) in [6.07, 6.45) is 0.490. The van der Waals surface area contributed by atoms with E-state index in [4.69, 9.17) is 11.6 Å². The molecule has 0 aromatic heterocycles. The summed E-state index contributed by atoms with van der Waals surface area (Å²) < 4.78 is 54.3. The van der Waals surface area contributed by atoms with Crippen LogP contribution in [0, 0.1) is 17.6 Å². The highest BCUT2D eigenvalue weighted by molar-refractivity contribution is 7.91. The molecule has 7 heteroatoms. The Morgan fingerprint density at radius 1 is 1.12 bits per heavy atom. The van der Waals surface area contributed by atoms with Crippen LogP contribution in [-0.4, -0.2) is 22.0 Å². The van der Waals surface area contributed by atoms with Crippen molar-refractivity contribution in [1.29, 1.82) is 0 Å². The largest absolute Gasteiger partial charge is 0.320 e. The fourth-order valence-electron chi connectivity index (χ4n) is 2.81. The molecule has 2 unspecified atom stereocenters. The smallest absolute Gasteiger partial charge is 0.185 e. The van der Waals surface area contributed by atoms with Gasteiger partial charge in [-0.3, -0.25) is 0 Å². The number of benzene rings is 2. The van der Waals surface area contributed by atoms with E-state index >= 15 is 0 Å². The molecule has 3 nitrogen and oxygen atoms in total. The Morgan fingerprint density at radius 2 is 1.76 bits per heavy atom. The molecule has 0 saturated heterocycles. The van der Waals surface area contributed by atoms with Gasteiger partial charge in [0, 0.05) is 10.6 Å². The van der Waals surface area contributed by atoms with E-state index in [1.165, 1.54) is 24.3 Å². The summed E-state index contributed by atoms with van der Waals surface area (Å²) in [5, 5.41) is 2.15. The highest BCUT2D eigenvalue weighted by atomic mass is 35.5. The summed E-state index contributed by atoms with van der Waals surface area (Å²) in [6, 6.07) is 8.59. The van der Waals surface area contributed by atoms with E-state index in [9.17, 15) is 17.2 Å². The Labute approximate surface area is 151 Å². The van der Waals surface area contributed by atoms with Crippen LogP contribution in [0.25, 0.3) is 0 Å². The molecule has 0 saturated carbocycles. The molecule has 0 aliphatic carbocycles. The first-order chi connectivity index (χ1) is 11.8. The van der Waals surface area contributed by atoms with Gasteiger partial charge in [-0.05, 0) is 68.4 Å². The highest BCUT2D eigenvalue weighted by Gasteiger charge is 2.35. The van der Waals surface area contributed by atoms with Crippen LogP contribution in [-0.2, 0) is 9.84 Å². The van der Waals surface area contributed by atoms with E-state index in [0.29, 0.717) is 18.0 Å². The van der Waals surface area contributed by atoms with Crippen LogP contribution in [0.1, 0.15) is 24.2 Å². The maximum Gasteiger partial charge on any atom is 0.185 e. The summed E-state index contributed by atoms with van der Waals surface area (Å²) in [4.78, 5) is 0.0295. The number of nitrogens with one attached hydrogen (secondary N) is 1. The van der Waals surface area contributed by atoms with Gasteiger partial charge in [-0.25, -0.2) is 17.2 Å². The first-order valence-electron chi connectivity index (χ1n) is 7.86. The van der Waals surface area contributed by atoms with Crippen molar-refractivity contribution in [1.82, 2.24) is 5.32 Å². The van der Waals surface area contributed by atoms with E-state index in [1.807, 2.05) is 0 Å². The molecule has 0 fully saturated rings. The van der Waals surface area contributed by atoms with Crippen LogP contribution in [0.4, 0.5) is 8.78 Å². The Bertz CT molecular complexity index is 825. The van der Waals surface area contributed by atoms with E-state index in [1.54, 1.807) is 14.0 Å². The maximum absolute atomic E-state index is 14.3. The lowest BCUT2D eigenvalue weighted by Gasteiger charge is -2.25. The normalized spacial score (nSPS) is 14.3. The van der Waals surface area contributed by atoms with Crippen LogP contribution in [0.3, 0.4) is 0 Å². The van der Waals surface area contributed by atoms with Crippen LogP contribution in [0.5, 0.6) is 0 Å². The summed E-state index contributed by atoms with van der Waals surface area (Å²) in [5.41, 5.74) is -0.154. The van der Waals surface area contributed by atoms with Crippen molar-refractivity contribution in [3.8, 4) is 0 Å². The molecule has 0 spiro atoms. The zero-order chi connectivity index (χ0) is 18.6. The number of sulfone groups is 1. The summed E-state index contributed by atoms with van der Waals surface area (Å²) in [7, 11) is -2.18. The zero-order valence-corrected chi connectivity index (χ0v) is 15.5. The molecular formula is C18H20ClF2NO2S. The SMILES string of the molecule is CNCCC(C)C(c1cc(F)ccc1F)S(=O)(=O)c1ccc(Cl)cc1. The molecule has 1 N–H and O–H groups in total. The number of rotatable bonds is 7. The van der Waals surface area contributed by atoms with Crippen molar-refractivity contribution >= 4 is 21.4 Å². The molecule has 25 heavy (non-hydrogen) atoms. The molecular weight excluding hydrogens is 368 g/mol. The standard InChI is InChI=1S/C18H20ClF2NO2S/c1-12(9-10-22-2)18(16-11-14(20)5-8-17(16)21)25(23,24)15-6-3-13(19)4-7-15/h3-8,11-12,18,22H,9-10H2,1-2H3. The highest BCUT2D eigenvalue weighted by Crippen LogP contribution is 2.38. The van der Waals surface area contributed by atoms with Crippen molar-refractivity contribution in [3.63, 3.8) is 0 Å². The number of halogens is 3. The Balaban J connectivity index is 2.57. The second kappa shape index (κ2) is 8.25. The van der Waals surface area contributed by atoms with Crippen molar-refractivity contribution in [2.75, 3.05) is 13.6 Å². The van der Waals surface area contributed by atoms with Crippen LogP contribution < -0.4 is 5.32 Å². The number of hydrogen-bond donors (Lipinski definition) is 1. The van der Waals surface area contributed by atoms with Gasteiger partial charge in [0.1, 0.15) is 11.6 Å². The van der Waals surface area contributed by atoms with Gasteiger partial charge in [0.05, 0.1) is 10.1 Å². The van der Waals surface area contributed by atoms with Gasteiger partial charge >= 0.3 is 0 Å². The minimum atomic E-state index is -3.93. The summed E-state index contributed by atoms with van der Waals surface area (Å²) >= 11 is 5.82. The molecule has 0 heterocycles. The molecule has 2 aromatic rings. The lowest BCUT2D eigenvalue weighted by atomic mass is 9.97. The van der Waals surface area contributed by atoms with E-state index < -0.39 is 32.6 Å². The van der Waals surface area contributed by atoms with Gasteiger partial charge in [0.25, 0.3) is 0 Å². The average molecular weight is 388 g/mol. The molecule has 0 bridgehead atoms. The lowest BCUT2D eigenvalue weighted by molar-refractivity contribution is 0.461. The molecule has 0 aliphatic rings. The van der Waals surface area contributed by atoms with Crippen LogP contribution in [0.2, 0.25) is 5.02 Å². The van der Waals surface area contributed by atoms with Gasteiger partial charge in [0.15, 0.2) is 9.84 Å². The molecule has 0 aliphatic heterocycles. The molecule has 2 aromatic carbocycles. The van der Waals surface area contributed by atoms with E-state index in [2.05, 4.69) is 5.32 Å². The van der Waals surface area contributed by atoms with E-state index in [0.717, 1.165) is 18.2 Å². The molecule has 0 amide bonds. The Hall–Kier alpha value is -1.50. The first-order valence-corrected chi connectivity index (χ1v) is 9.78. The van der Waals surface area contributed by atoms with Gasteiger partial charge in [0.2, 0.25) is 0 Å². The second-order valence-electron chi connectivity index (χ2n) is 5.95. The quantitative estimate of drug-likeness (QED) is 0.766. The maximum atomic E-state index is 14.3. The van der Waals surface area contributed by atoms with Crippen molar-refractivity contribution in [2.45, 2.75) is 23.5 Å². The third-order valence-corrected chi connectivity index (χ3v) is 6.68.